The van der Waals surface area contributed by atoms with Gasteiger partial charge < -0.3 is 9.15 Å². The minimum absolute atomic E-state index is 0.235. The number of hydrogen-bond acceptors (Lipinski definition) is 6. The van der Waals surface area contributed by atoms with Gasteiger partial charge in [0, 0.05) is 10.9 Å². The first-order valence-electron chi connectivity index (χ1n) is 8.57. The quantitative estimate of drug-likeness (QED) is 0.499. The van der Waals surface area contributed by atoms with Crippen molar-refractivity contribution in [1.82, 2.24) is 15.2 Å². The number of hydrogen-bond donors (Lipinski definition) is 0. The van der Waals surface area contributed by atoms with Crippen LogP contribution in [0.3, 0.4) is 0 Å². The van der Waals surface area contributed by atoms with E-state index in [-0.39, 0.29) is 11.6 Å². The lowest BCUT2D eigenvalue weighted by Gasteiger charge is -2.09. The minimum Gasteiger partial charge on any atom is -0.448 e. The first-order chi connectivity index (χ1) is 13.1. The van der Waals surface area contributed by atoms with Gasteiger partial charge in [-0.15, -0.1) is 10.2 Å². The van der Waals surface area contributed by atoms with Gasteiger partial charge in [0.2, 0.25) is 5.89 Å². The number of carbonyl (C=O) groups excluding carboxylic acids is 1. The molecule has 0 saturated heterocycles. The van der Waals surface area contributed by atoms with Crippen LogP contribution in [0.2, 0.25) is 0 Å². The largest absolute Gasteiger partial charge is 0.448 e. The predicted octanol–water partition coefficient (Wildman–Crippen LogP) is 4.51. The Labute approximate surface area is 155 Å². The first-order valence-corrected chi connectivity index (χ1v) is 8.57. The van der Waals surface area contributed by atoms with Crippen molar-refractivity contribution in [1.29, 1.82) is 0 Å². The summed E-state index contributed by atoms with van der Waals surface area (Å²) in [7, 11) is 0. The molecule has 1 atom stereocenters. The van der Waals surface area contributed by atoms with Crippen LogP contribution in [0.4, 0.5) is 0 Å². The number of pyridine rings is 1. The maximum absolute atomic E-state index is 12.4. The highest BCUT2D eigenvalue weighted by molar-refractivity contribution is 5.91. The van der Waals surface area contributed by atoms with Crippen molar-refractivity contribution in [3.05, 3.63) is 77.8 Å². The molecule has 0 saturated carbocycles. The second-order valence-electron chi connectivity index (χ2n) is 6.25. The summed E-state index contributed by atoms with van der Waals surface area (Å²) in [5.74, 6) is 0.0831. The van der Waals surface area contributed by atoms with E-state index in [0.29, 0.717) is 5.89 Å². The molecule has 6 heteroatoms. The zero-order valence-electron chi connectivity index (χ0n) is 14.9. The Balaban J connectivity index is 1.50. The Bertz CT molecular complexity index is 1100. The van der Waals surface area contributed by atoms with E-state index < -0.39 is 12.1 Å². The molecular weight excluding hydrogens is 342 g/mol. The number of esters is 1. The van der Waals surface area contributed by atoms with Crippen LogP contribution < -0.4 is 0 Å². The third-order valence-electron chi connectivity index (χ3n) is 4.18. The van der Waals surface area contributed by atoms with E-state index in [1.54, 1.807) is 13.0 Å². The highest BCUT2D eigenvalue weighted by Crippen LogP contribution is 2.23. The van der Waals surface area contributed by atoms with Crippen LogP contribution in [0.1, 0.15) is 35.0 Å². The van der Waals surface area contributed by atoms with E-state index in [1.807, 2.05) is 61.5 Å². The molecule has 27 heavy (non-hydrogen) atoms. The number of fused-ring (bicyclic) bond motifs is 1. The summed E-state index contributed by atoms with van der Waals surface area (Å²) in [5.41, 5.74) is 2.93. The Morgan fingerprint density at radius 3 is 2.59 bits per heavy atom. The van der Waals surface area contributed by atoms with E-state index in [0.717, 1.165) is 22.0 Å². The summed E-state index contributed by atoms with van der Waals surface area (Å²) in [6, 6.07) is 18.8. The zero-order valence-corrected chi connectivity index (χ0v) is 14.9. The summed E-state index contributed by atoms with van der Waals surface area (Å²) in [6.07, 6.45) is -0.683. The second kappa shape index (κ2) is 6.99. The van der Waals surface area contributed by atoms with Gasteiger partial charge in [0.25, 0.3) is 5.89 Å². The van der Waals surface area contributed by atoms with Crippen molar-refractivity contribution in [2.24, 2.45) is 0 Å². The third-order valence-corrected chi connectivity index (χ3v) is 4.18. The lowest BCUT2D eigenvalue weighted by atomic mass is 10.1. The highest BCUT2D eigenvalue weighted by atomic mass is 16.6. The van der Waals surface area contributed by atoms with Crippen molar-refractivity contribution < 1.29 is 13.9 Å². The van der Waals surface area contributed by atoms with Gasteiger partial charge in [-0.05, 0) is 38.1 Å². The molecule has 2 heterocycles. The zero-order chi connectivity index (χ0) is 18.8. The normalized spacial score (nSPS) is 12.1. The number of para-hydroxylation sites is 1. The van der Waals surface area contributed by atoms with Gasteiger partial charge in [-0.3, -0.25) is 0 Å². The Kier molecular flexibility index (Phi) is 4.38. The van der Waals surface area contributed by atoms with Crippen LogP contribution in [0.5, 0.6) is 0 Å². The van der Waals surface area contributed by atoms with E-state index in [1.165, 1.54) is 0 Å². The van der Waals surface area contributed by atoms with E-state index >= 15 is 0 Å². The van der Waals surface area contributed by atoms with Crippen LogP contribution in [0, 0.1) is 6.92 Å². The van der Waals surface area contributed by atoms with Crippen molar-refractivity contribution >= 4 is 16.9 Å². The number of aromatic nitrogens is 3. The molecule has 0 radical (unpaired) electrons. The Hall–Kier alpha value is -3.54. The second-order valence-corrected chi connectivity index (χ2v) is 6.25. The number of carbonyl (C=O) groups is 1. The molecule has 4 aromatic rings. The number of aryl methyl sites for hydroxylation is 1. The molecule has 0 bridgehead atoms. The van der Waals surface area contributed by atoms with Crippen LogP contribution in [-0.4, -0.2) is 21.2 Å². The fraction of sp³-hybridized carbons (Fsp3) is 0.143. The molecule has 0 amide bonds. The monoisotopic (exact) mass is 359 g/mol. The lowest BCUT2D eigenvalue weighted by molar-refractivity contribution is 0.0273. The summed E-state index contributed by atoms with van der Waals surface area (Å²) < 4.78 is 11.1. The molecule has 0 spiro atoms. The number of benzene rings is 2. The fourth-order valence-corrected chi connectivity index (χ4v) is 2.66. The molecule has 2 aromatic heterocycles. The molecule has 0 N–H and O–H groups in total. The standard InChI is InChI=1S/C21H17N3O3/c1-13-7-9-16(10-8-13)20-24-23-19(27-20)14(2)26-21(25)18-12-11-15-5-3-4-6-17(15)22-18/h3-12,14H,1-2H3/t14-/m0/s1. The molecule has 0 aliphatic carbocycles. The molecule has 4 rings (SSSR count). The topological polar surface area (TPSA) is 78.1 Å². The highest BCUT2D eigenvalue weighted by Gasteiger charge is 2.20. The summed E-state index contributed by atoms with van der Waals surface area (Å²) >= 11 is 0. The SMILES string of the molecule is Cc1ccc(-c2nnc([C@H](C)OC(=O)c3ccc4ccccc4n3)o2)cc1. The van der Waals surface area contributed by atoms with E-state index in [2.05, 4.69) is 15.2 Å². The van der Waals surface area contributed by atoms with Crippen LogP contribution >= 0.6 is 0 Å². The lowest BCUT2D eigenvalue weighted by Crippen LogP contribution is -2.11. The van der Waals surface area contributed by atoms with Gasteiger partial charge in [-0.25, -0.2) is 9.78 Å². The van der Waals surface area contributed by atoms with Crippen LogP contribution in [0.25, 0.3) is 22.4 Å². The van der Waals surface area contributed by atoms with Crippen LogP contribution in [-0.2, 0) is 4.74 Å². The average molecular weight is 359 g/mol. The van der Waals surface area contributed by atoms with Gasteiger partial charge in [-0.1, -0.05) is 42.0 Å². The molecule has 6 nitrogen and oxygen atoms in total. The summed E-state index contributed by atoms with van der Waals surface area (Å²) in [5, 5.41) is 8.99. The third kappa shape index (κ3) is 3.55. The number of ether oxygens (including phenoxy) is 1. The molecule has 2 aromatic carbocycles. The molecule has 0 unspecified atom stereocenters. The number of nitrogens with zero attached hydrogens (tertiary/aromatic N) is 3. The molecule has 0 aliphatic rings. The summed E-state index contributed by atoms with van der Waals surface area (Å²) in [4.78, 5) is 16.8. The van der Waals surface area contributed by atoms with Gasteiger partial charge >= 0.3 is 5.97 Å². The average Bonchev–Trinajstić information content (AvgIpc) is 3.18. The smallest absolute Gasteiger partial charge is 0.357 e. The van der Waals surface area contributed by atoms with Crippen molar-refractivity contribution in [3.8, 4) is 11.5 Å². The maximum atomic E-state index is 12.4. The van der Waals surface area contributed by atoms with Crippen molar-refractivity contribution in [3.63, 3.8) is 0 Å². The summed E-state index contributed by atoms with van der Waals surface area (Å²) in [6.45, 7) is 3.69. The van der Waals surface area contributed by atoms with Gasteiger partial charge in [0.1, 0.15) is 5.69 Å². The van der Waals surface area contributed by atoms with Gasteiger partial charge in [0.05, 0.1) is 5.52 Å². The van der Waals surface area contributed by atoms with Gasteiger partial charge in [-0.2, -0.15) is 0 Å². The van der Waals surface area contributed by atoms with E-state index in [9.17, 15) is 4.79 Å². The minimum atomic E-state index is -0.683. The maximum Gasteiger partial charge on any atom is 0.357 e. The van der Waals surface area contributed by atoms with Crippen LogP contribution in [0.15, 0.2) is 65.1 Å². The molecule has 0 aliphatic heterocycles. The molecular formula is C21H17N3O3. The predicted molar refractivity (Wildman–Crippen MR) is 100 cm³/mol. The Morgan fingerprint density at radius 2 is 1.78 bits per heavy atom. The van der Waals surface area contributed by atoms with Crippen molar-refractivity contribution in [2.45, 2.75) is 20.0 Å². The fourth-order valence-electron chi connectivity index (χ4n) is 2.66. The Morgan fingerprint density at radius 1 is 1.00 bits per heavy atom. The molecule has 134 valence electrons. The molecule has 0 fully saturated rings. The first kappa shape index (κ1) is 16.9. The van der Waals surface area contributed by atoms with Gasteiger partial charge in [0.15, 0.2) is 6.10 Å². The number of rotatable bonds is 4. The van der Waals surface area contributed by atoms with Crippen molar-refractivity contribution in [2.75, 3.05) is 0 Å². The van der Waals surface area contributed by atoms with E-state index in [4.69, 9.17) is 9.15 Å².